The molecule has 1 saturated heterocycles. The number of hydrogen-bond acceptors (Lipinski definition) is 6. The number of carbonyl (C=O) groups is 2. The zero-order chi connectivity index (χ0) is 20.2. The highest BCUT2D eigenvalue weighted by Gasteiger charge is 2.29. The lowest BCUT2D eigenvalue weighted by Crippen LogP contribution is -2.43. The molecule has 4 rings (SSSR count). The van der Waals surface area contributed by atoms with Crippen LogP contribution in [0.2, 0.25) is 0 Å². The third-order valence-corrected chi connectivity index (χ3v) is 6.50. The van der Waals surface area contributed by atoms with Crippen molar-refractivity contribution in [3.63, 3.8) is 0 Å². The molecule has 1 fully saturated rings. The van der Waals surface area contributed by atoms with Gasteiger partial charge in [0, 0.05) is 19.5 Å². The van der Waals surface area contributed by atoms with Gasteiger partial charge in [0.05, 0.1) is 10.8 Å². The van der Waals surface area contributed by atoms with Crippen molar-refractivity contribution in [1.82, 2.24) is 15.1 Å². The van der Waals surface area contributed by atoms with Crippen LogP contribution in [-0.4, -0.2) is 40.0 Å². The molecule has 150 valence electrons. The zero-order valence-corrected chi connectivity index (χ0v) is 17.1. The maximum Gasteiger partial charge on any atom is 0.263 e. The number of carbonyl (C=O) groups excluding carboxylic acids is 2. The second kappa shape index (κ2) is 8.79. The zero-order valence-electron chi connectivity index (χ0n) is 15.5. The van der Waals surface area contributed by atoms with Gasteiger partial charge in [0.1, 0.15) is 10.8 Å². The van der Waals surface area contributed by atoms with Crippen LogP contribution in [0.1, 0.15) is 33.1 Å². The highest BCUT2D eigenvalue weighted by molar-refractivity contribution is 7.15. The molecular weight excluding hydrogens is 411 g/mol. The number of nitrogens with one attached hydrogen (secondary N) is 1. The molecule has 2 aromatic heterocycles. The van der Waals surface area contributed by atoms with Crippen LogP contribution in [0.25, 0.3) is 0 Å². The van der Waals surface area contributed by atoms with Crippen LogP contribution in [0, 0.1) is 11.7 Å². The summed E-state index contributed by atoms with van der Waals surface area (Å²) >= 11 is 2.64. The molecular formula is C20H19FN4O2S2. The largest absolute Gasteiger partial charge is 0.337 e. The van der Waals surface area contributed by atoms with E-state index in [1.807, 2.05) is 11.4 Å². The number of rotatable bonds is 5. The summed E-state index contributed by atoms with van der Waals surface area (Å²) in [7, 11) is 0. The van der Waals surface area contributed by atoms with E-state index in [2.05, 4.69) is 15.5 Å². The molecule has 0 saturated carbocycles. The molecule has 1 aliphatic heterocycles. The minimum absolute atomic E-state index is 0.0272. The van der Waals surface area contributed by atoms with Gasteiger partial charge < -0.3 is 10.2 Å². The molecule has 0 bridgehead atoms. The summed E-state index contributed by atoms with van der Waals surface area (Å²) in [4.78, 5) is 27.6. The average molecular weight is 431 g/mol. The Morgan fingerprint density at radius 2 is 2.07 bits per heavy atom. The van der Waals surface area contributed by atoms with Crippen LogP contribution < -0.4 is 5.32 Å². The van der Waals surface area contributed by atoms with Gasteiger partial charge in [-0.05, 0) is 35.9 Å². The van der Waals surface area contributed by atoms with E-state index in [1.165, 1.54) is 28.7 Å². The maximum absolute atomic E-state index is 13.8. The van der Waals surface area contributed by atoms with Crippen molar-refractivity contribution in [2.45, 2.75) is 19.3 Å². The second-order valence-corrected chi connectivity index (χ2v) is 8.84. The number of nitrogens with zero attached hydrogens (tertiary/aromatic N) is 3. The van der Waals surface area contributed by atoms with E-state index in [9.17, 15) is 14.0 Å². The number of piperidine rings is 1. The quantitative estimate of drug-likeness (QED) is 0.668. The van der Waals surface area contributed by atoms with E-state index in [1.54, 1.807) is 29.2 Å². The topological polar surface area (TPSA) is 75.2 Å². The Balaban J connectivity index is 1.36. The smallest absolute Gasteiger partial charge is 0.263 e. The molecule has 1 aliphatic rings. The second-order valence-electron chi connectivity index (χ2n) is 6.83. The maximum atomic E-state index is 13.8. The van der Waals surface area contributed by atoms with Crippen molar-refractivity contribution in [3.05, 3.63) is 63.0 Å². The van der Waals surface area contributed by atoms with Crippen molar-refractivity contribution in [1.29, 1.82) is 0 Å². The Hall–Kier alpha value is -2.65. The van der Waals surface area contributed by atoms with Gasteiger partial charge in [-0.2, -0.15) is 0 Å². The average Bonchev–Trinajstić information content (AvgIpc) is 3.42. The first-order chi connectivity index (χ1) is 14.1. The summed E-state index contributed by atoms with van der Waals surface area (Å²) < 4.78 is 13.8. The van der Waals surface area contributed by atoms with Gasteiger partial charge in [-0.3, -0.25) is 9.59 Å². The molecule has 1 aromatic carbocycles. The Morgan fingerprint density at radius 3 is 2.86 bits per heavy atom. The Bertz CT molecular complexity index is 1010. The number of aromatic nitrogens is 2. The summed E-state index contributed by atoms with van der Waals surface area (Å²) in [6, 6.07) is 10.2. The number of likely N-dealkylation sites (tertiary alicyclic amines) is 1. The SMILES string of the molecule is O=C(Nc1nnc(Cc2ccccc2F)s1)C1CCCN(C(=O)c2cccs2)C1. The van der Waals surface area contributed by atoms with Gasteiger partial charge in [-0.1, -0.05) is 35.6 Å². The predicted molar refractivity (Wildman–Crippen MR) is 111 cm³/mol. The van der Waals surface area contributed by atoms with Crippen molar-refractivity contribution in [3.8, 4) is 0 Å². The molecule has 1 atom stereocenters. The molecule has 0 radical (unpaired) electrons. The molecule has 0 aliphatic carbocycles. The van der Waals surface area contributed by atoms with E-state index in [0.717, 1.165) is 12.8 Å². The van der Waals surface area contributed by atoms with Gasteiger partial charge in [-0.15, -0.1) is 21.5 Å². The summed E-state index contributed by atoms with van der Waals surface area (Å²) in [5.41, 5.74) is 0.538. The fraction of sp³-hybridized carbons (Fsp3) is 0.300. The number of anilines is 1. The van der Waals surface area contributed by atoms with E-state index in [4.69, 9.17) is 0 Å². The van der Waals surface area contributed by atoms with Crippen molar-refractivity contribution in [2.24, 2.45) is 5.92 Å². The Labute approximate surface area is 175 Å². The molecule has 1 unspecified atom stereocenters. The minimum atomic E-state index is -0.286. The predicted octanol–water partition coefficient (Wildman–Crippen LogP) is 3.82. The van der Waals surface area contributed by atoms with E-state index < -0.39 is 0 Å². The molecule has 2 amide bonds. The Kier molecular flexibility index (Phi) is 5.96. The van der Waals surface area contributed by atoms with Gasteiger partial charge in [0.2, 0.25) is 11.0 Å². The molecule has 6 nitrogen and oxygen atoms in total. The number of hydrogen-bond donors (Lipinski definition) is 1. The summed E-state index contributed by atoms with van der Waals surface area (Å²) in [5, 5.41) is 13.8. The van der Waals surface area contributed by atoms with Gasteiger partial charge in [0.25, 0.3) is 5.91 Å². The van der Waals surface area contributed by atoms with Crippen LogP contribution in [0.4, 0.5) is 9.52 Å². The lowest BCUT2D eigenvalue weighted by atomic mass is 9.97. The van der Waals surface area contributed by atoms with Gasteiger partial charge in [0.15, 0.2) is 0 Å². The monoisotopic (exact) mass is 430 g/mol. The Morgan fingerprint density at radius 1 is 1.21 bits per heavy atom. The van der Waals surface area contributed by atoms with Crippen LogP contribution in [0.5, 0.6) is 0 Å². The molecule has 0 spiro atoms. The van der Waals surface area contributed by atoms with Crippen molar-refractivity contribution < 1.29 is 14.0 Å². The highest BCUT2D eigenvalue weighted by atomic mass is 32.1. The van der Waals surface area contributed by atoms with E-state index >= 15 is 0 Å². The molecule has 3 aromatic rings. The van der Waals surface area contributed by atoms with Crippen LogP contribution in [0.3, 0.4) is 0 Å². The lowest BCUT2D eigenvalue weighted by molar-refractivity contribution is -0.121. The highest BCUT2D eigenvalue weighted by Crippen LogP contribution is 2.24. The third-order valence-electron chi connectivity index (χ3n) is 4.81. The van der Waals surface area contributed by atoms with Gasteiger partial charge in [-0.25, -0.2) is 4.39 Å². The summed E-state index contributed by atoms with van der Waals surface area (Å²) in [6.07, 6.45) is 1.83. The van der Waals surface area contributed by atoms with Crippen LogP contribution >= 0.6 is 22.7 Å². The molecule has 3 heterocycles. The van der Waals surface area contributed by atoms with Crippen molar-refractivity contribution in [2.75, 3.05) is 18.4 Å². The molecule has 29 heavy (non-hydrogen) atoms. The first-order valence-electron chi connectivity index (χ1n) is 9.29. The van der Waals surface area contributed by atoms with E-state index in [-0.39, 0.29) is 23.5 Å². The van der Waals surface area contributed by atoms with E-state index in [0.29, 0.717) is 40.1 Å². The first kappa shape index (κ1) is 19.7. The van der Waals surface area contributed by atoms with Gasteiger partial charge >= 0.3 is 0 Å². The normalized spacial score (nSPS) is 16.6. The summed E-state index contributed by atoms with van der Waals surface area (Å²) in [5.74, 6) is -0.763. The number of halogens is 1. The van der Waals surface area contributed by atoms with Crippen LogP contribution in [0.15, 0.2) is 41.8 Å². The third kappa shape index (κ3) is 4.68. The summed E-state index contributed by atoms with van der Waals surface area (Å²) in [6.45, 7) is 1.05. The fourth-order valence-corrected chi connectivity index (χ4v) is 4.78. The first-order valence-corrected chi connectivity index (χ1v) is 11.0. The standard InChI is InChI=1S/C20H19FN4O2S2/c21-15-7-2-1-5-13(15)11-17-23-24-20(29-17)22-18(26)14-6-3-9-25(12-14)19(27)16-8-4-10-28-16/h1-2,4-5,7-8,10,14H,3,6,9,11-12H2,(H,22,24,26). The van der Waals surface area contributed by atoms with Crippen LogP contribution in [-0.2, 0) is 11.2 Å². The number of benzene rings is 1. The van der Waals surface area contributed by atoms with Crippen molar-refractivity contribution >= 4 is 39.6 Å². The number of thiophene rings is 1. The molecule has 1 N–H and O–H groups in total. The molecule has 9 heteroatoms. The number of amides is 2. The fourth-order valence-electron chi connectivity index (χ4n) is 3.32. The minimum Gasteiger partial charge on any atom is -0.337 e. The lowest BCUT2D eigenvalue weighted by Gasteiger charge is -2.31.